The molecule has 0 saturated carbocycles. The average Bonchev–Trinajstić information content (AvgIpc) is 3.05. The first-order chi connectivity index (χ1) is 15.3. The number of carbonyl (C=O) groups excluding carboxylic acids is 3. The summed E-state index contributed by atoms with van der Waals surface area (Å²) < 4.78 is 0. The van der Waals surface area contributed by atoms with Crippen LogP contribution in [-0.2, 0) is 14.4 Å². The van der Waals surface area contributed by atoms with E-state index in [0.717, 1.165) is 23.2 Å². The normalized spacial score (nSPS) is 26.7. The molecule has 174 valence electrons. The molecule has 1 fully saturated rings. The van der Waals surface area contributed by atoms with Crippen molar-refractivity contribution in [3.63, 3.8) is 0 Å². The zero-order valence-corrected chi connectivity index (χ0v) is 19.4. The zero-order valence-electron chi connectivity index (χ0n) is 19.4. The molecule has 3 N–H and O–H groups in total. The zero-order chi connectivity index (χ0) is 23.4. The minimum absolute atomic E-state index is 0.0863. The molecule has 3 rings (SSSR count). The maximum atomic E-state index is 13.6. The van der Waals surface area contributed by atoms with Crippen molar-refractivity contribution in [2.24, 2.45) is 23.7 Å². The van der Waals surface area contributed by atoms with E-state index in [1.165, 1.54) is 0 Å². The Morgan fingerprint density at radius 2 is 1.75 bits per heavy atom. The van der Waals surface area contributed by atoms with Gasteiger partial charge in [0.2, 0.25) is 17.7 Å². The number of unbranched alkanes of at least 4 members (excludes halogenated alkanes) is 2. The van der Waals surface area contributed by atoms with Crippen molar-refractivity contribution in [2.45, 2.75) is 46.1 Å². The number of aliphatic hydroxyl groups excluding tert-OH is 1. The third kappa shape index (κ3) is 4.58. The Bertz CT molecular complexity index is 877. The molecule has 0 unspecified atom stereocenters. The highest BCUT2D eigenvalue weighted by Crippen LogP contribution is 2.44. The number of anilines is 1. The number of amides is 3. The van der Waals surface area contributed by atoms with Crippen molar-refractivity contribution >= 4 is 23.4 Å². The van der Waals surface area contributed by atoms with Crippen molar-refractivity contribution < 1.29 is 19.5 Å². The highest BCUT2D eigenvalue weighted by atomic mass is 16.3. The van der Waals surface area contributed by atoms with Crippen LogP contribution < -0.4 is 10.6 Å². The van der Waals surface area contributed by atoms with Crippen LogP contribution in [0.4, 0.5) is 5.69 Å². The van der Waals surface area contributed by atoms with Crippen LogP contribution in [-0.4, -0.2) is 54.0 Å². The molecule has 2 aliphatic rings. The second-order valence-electron chi connectivity index (χ2n) is 9.00. The Morgan fingerprint density at radius 3 is 2.38 bits per heavy atom. The lowest BCUT2D eigenvalue weighted by atomic mass is 9.70. The largest absolute Gasteiger partial charge is 0.396 e. The predicted octanol–water partition coefficient (Wildman–Crippen LogP) is 2.42. The second kappa shape index (κ2) is 10.3. The Labute approximate surface area is 190 Å². The van der Waals surface area contributed by atoms with E-state index < -0.39 is 17.9 Å². The van der Waals surface area contributed by atoms with E-state index in [1.807, 2.05) is 51.1 Å². The van der Waals surface area contributed by atoms with Crippen molar-refractivity contribution in [1.82, 2.24) is 10.2 Å². The summed E-state index contributed by atoms with van der Waals surface area (Å²) in [6.45, 7) is 6.37. The smallest absolute Gasteiger partial charge is 0.247 e. The number of nitrogens with zero attached hydrogens (tertiary/aromatic N) is 1. The monoisotopic (exact) mass is 441 g/mol. The van der Waals surface area contributed by atoms with E-state index in [1.54, 1.807) is 11.9 Å². The molecule has 0 spiro atoms. The summed E-state index contributed by atoms with van der Waals surface area (Å²) in [6, 6.07) is 5.17. The van der Waals surface area contributed by atoms with E-state index in [0.29, 0.717) is 19.4 Å². The SMILES string of the molecule is CNC(=O)[C@H]1[C@@H]2C(=O)N(CCCCCO)[C@H](C(=O)Nc3c(C)cccc3C)[C@H]2C=C[C@H]1C. The van der Waals surface area contributed by atoms with Crippen LogP contribution in [0.2, 0.25) is 0 Å². The van der Waals surface area contributed by atoms with Gasteiger partial charge in [-0.05, 0) is 50.2 Å². The van der Waals surface area contributed by atoms with Gasteiger partial charge < -0.3 is 20.6 Å². The van der Waals surface area contributed by atoms with E-state index >= 15 is 0 Å². The summed E-state index contributed by atoms with van der Waals surface area (Å²) in [4.78, 5) is 41.5. The van der Waals surface area contributed by atoms with Crippen LogP contribution in [0.15, 0.2) is 30.4 Å². The fourth-order valence-electron chi connectivity index (χ4n) is 5.18. The van der Waals surface area contributed by atoms with E-state index in [-0.39, 0.29) is 36.2 Å². The van der Waals surface area contributed by atoms with Crippen molar-refractivity contribution in [1.29, 1.82) is 0 Å². The predicted molar refractivity (Wildman–Crippen MR) is 124 cm³/mol. The van der Waals surface area contributed by atoms with Crippen molar-refractivity contribution in [3.8, 4) is 0 Å². The topological polar surface area (TPSA) is 98.7 Å². The Hall–Kier alpha value is -2.67. The summed E-state index contributed by atoms with van der Waals surface area (Å²) in [7, 11) is 1.58. The van der Waals surface area contributed by atoms with Crippen LogP contribution in [0.3, 0.4) is 0 Å². The van der Waals surface area contributed by atoms with Gasteiger partial charge in [0.05, 0.1) is 11.8 Å². The Kier molecular flexibility index (Phi) is 7.72. The molecule has 0 aromatic heterocycles. The molecule has 1 aliphatic heterocycles. The van der Waals surface area contributed by atoms with Gasteiger partial charge in [0.1, 0.15) is 6.04 Å². The number of nitrogens with one attached hydrogen (secondary N) is 2. The molecule has 1 saturated heterocycles. The summed E-state index contributed by atoms with van der Waals surface area (Å²) in [5, 5.41) is 14.9. The second-order valence-corrected chi connectivity index (χ2v) is 9.00. The van der Waals surface area contributed by atoms with Crippen molar-refractivity contribution in [3.05, 3.63) is 41.5 Å². The van der Waals surface area contributed by atoms with Crippen LogP contribution in [0.25, 0.3) is 0 Å². The fraction of sp³-hybridized carbons (Fsp3) is 0.560. The maximum Gasteiger partial charge on any atom is 0.247 e. The van der Waals surface area contributed by atoms with Crippen molar-refractivity contribution in [2.75, 3.05) is 25.5 Å². The van der Waals surface area contributed by atoms with E-state index in [9.17, 15) is 14.4 Å². The van der Waals surface area contributed by atoms with Gasteiger partial charge in [-0.3, -0.25) is 14.4 Å². The number of allylic oxidation sites excluding steroid dienone is 1. The first kappa shape index (κ1) is 24.0. The number of benzene rings is 1. The highest BCUT2D eigenvalue weighted by Gasteiger charge is 2.56. The van der Waals surface area contributed by atoms with Crippen LogP contribution >= 0.6 is 0 Å². The van der Waals surface area contributed by atoms with Gasteiger partial charge in [0.25, 0.3) is 0 Å². The molecule has 1 aromatic rings. The molecule has 1 heterocycles. The average molecular weight is 442 g/mol. The Morgan fingerprint density at radius 1 is 1.06 bits per heavy atom. The van der Waals surface area contributed by atoms with Gasteiger partial charge in [-0.25, -0.2) is 0 Å². The number of aryl methyl sites for hydroxylation is 2. The molecule has 0 bridgehead atoms. The molecule has 1 aliphatic carbocycles. The molecule has 1 aromatic carbocycles. The molecular weight excluding hydrogens is 406 g/mol. The van der Waals surface area contributed by atoms with Gasteiger partial charge in [-0.1, -0.05) is 37.3 Å². The molecule has 32 heavy (non-hydrogen) atoms. The number of para-hydroxylation sites is 1. The van der Waals surface area contributed by atoms with E-state index in [4.69, 9.17) is 5.11 Å². The number of fused-ring (bicyclic) bond motifs is 1. The van der Waals surface area contributed by atoms with Gasteiger partial charge >= 0.3 is 0 Å². The fourth-order valence-corrected chi connectivity index (χ4v) is 5.18. The number of rotatable bonds is 8. The van der Waals surface area contributed by atoms with Gasteiger partial charge in [0.15, 0.2) is 0 Å². The third-order valence-corrected chi connectivity index (χ3v) is 6.88. The number of hydrogen-bond acceptors (Lipinski definition) is 4. The third-order valence-electron chi connectivity index (χ3n) is 6.88. The maximum absolute atomic E-state index is 13.6. The number of hydrogen-bond donors (Lipinski definition) is 3. The summed E-state index contributed by atoms with van der Waals surface area (Å²) in [5.74, 6) is -2.02. The summed E-state index contributed by atoms with van der Waals surface area (Å²) in [5.41, 5.74) is 2.69. The minimum atomic E-state index is -0.670. The molecule has 3 amide bonds. The van der Waals surface area contributed by atoms with E-state index in [2.05, 4.69) is 10.6 Å². The number of likely N-dealkylation sites (tertiary alicyclic amines) is 1. The lowest BCUT2D eigenvalue weighted by Gasteiger charge is -2.32. The van der Waals surface area contributed by atoms with Crippen LogP contribution in [0.5, 0.6) is 0 Å². The lowest BCUT2D eigenvalue weighted by molar-refractivity contribution is -0.140. The first-order valence-corrected chi connectivity index (χ1v) is 11.5. The number of aliphatic hydroxyl groups is 1. The minimum Gasteiger partial charge on any atom is -0.396 e. The first-order valence-electron chi connectivity index (χ1n) is 11.5. The Balaban J connectivity index is 1.94. The standard InChI is InChI=1S/C25H35N3O4/c1-15-11-12-18-20(19(15)23(30)26-4)25(32)28(13-6-5-7-14-29)22(18)24(31)27-21-16(2)9-8-10-17(21)3/h8-12,15,18-20,22,29H,5-7,13-14H2,1-4H3,(H,26,30)(H,27,31)/t15-,18+,19-,20-,22+/m1/s1. The summed E-state index contributed by atoms with van der Waals surface area (Å²) >= 11 is 0. The molecule has 0 radical (unpaired) electrons. The van der Waals surface area contributed by atoms with Gasteiger partial charge in [0, 0.05) is 31.8 Å². The van der Waals surface area contributed by atoms with Gasteiger partial charge in [-0.15, -0.1) is 0 Å². The lowest BCUT2D eigenvalue weighted by Crippen LogP contribution is -2.45. The molecular formula is C25H35N3O4. The molecule has 7 heteroatoms. The summed E-state index contributed by atoms with van der Waals surface area (Å²) in [6.07, 6.45) is 6.04. The quantitative estimate of drug-likeness (QED) is 0.426. The molecule has 7 nitrogen and oxygen atoms in total. The highest BCUT2D eigenvalue weighted by molar-refractivity contribution is 6.02. The van der Waals surface area contributed by atoms with Crippen LogP contribution in [0, 0.1) is 37.5 Å². The molecule has 5 atom stereocenters. The van der Waals surface area contributed by atoms with Gasteiger partial charge in [-0.2, -0.15) is 0 Å². The number of carbonyl (C=O) groups is 3. The van der Waals surface area contributed by atoms with Crippen LogP contribution in [0.1, 0.15) is 37.3 Å².